The number of benzene rings is 13. The fourth-order valence-corrected chi connectivity index (χ4v) is 13.4. The molecule has 0 amide bonds. The van der Waals surface area contributed by atoms with Gasteiger partial charge >= 0.3 is 0 Å². The predicted octanol–water partition coefficient (Wildman–Crippen LogP) is 21.5. The summed E-state index contributed by atoms with van der Waals surface area (Å²) in [5.41, 5.74) is 25.7. The summed E-state index contributed by atoms with van der Waals surface area (Å²) in [5, 5.41) is 15.2. The maximum absolute atomic E-state index is 3.98. The van der Waals surface area contributed by atoms with Gasteiger partial charge in [0.05, 0.1) is 22.1 Å². The van der Waals surface area contributed by atoms with Gasteiger partial charge in [-0.1, -0.05) is 202 Å². The molecule has 0 unspecified atom stereocenters. The van der Waals surface area contributed by atoms with E-state index in [1.54, 1.807) is 0 Å². The molecule has 0 atom stereocenters. The quantitative estimate of drug-likeness (QED) is 0.143. The van der Waals surface area contributed by atoms with Gasteiger partial charge in [-0.25, -0.2) is 0 Å². The summed E-state index contributed by atoms with van der Waals surface area (Å²) in [6.07, 6.45) is 0. The number of hydrogen-bond donors (Lipinski definition) is 2. The van der Waals surface area contributed by atoms with Crippen LogP contribution in [0.25, 0.3) is 121 Å². The largest absolute Gasteiger partial charge is 0.355 e. The highest BCUT2D eigenvalue weighted by Crippen LogP contribution is 2.54. The van der Waals surface area contributed by atoms with E-state index in [4.69, 9.17) is 0 Å². The number of anilines is 4. The highest BCUT2D eigenvalue weighted by atomic mass is 15.0. The van der Waals surface area contributed by atoms with Crippen LogP contribution in [0.5, 0.6) is 0 Å². The summed E-state index contributed by atoms with van der Waals surface area (Å²) >= 11 is 0. The van der Waals surface area contributed by atoms with Gasteiger partial charge in [-0.05, 0) is 175 Å². The fraction of sp³-hybridized carbons (Fsp3) is 0.0380. The zero-order valence-electron chi connectivity index (χ0n) is 46.1. The number of nitrogens with zero attached hydrogens (tertiary/aromatic N) is 2. The summed E-state index contributed by atoms with van der Waals surface area (Å²) in [4.78, 5) is 0. The second kappa shape index (κ2) is 19.3. The molecule has 4 nitrogen and oxygen atoms in total. The molecule has 83 heavy (non-hydrogen) atoms. The Balaban J connectivity index is 0.738. The lowest BCUT2D eigenvalue weighted by Gasteiger charge is -2.24. The van der Waals surface area contributed by atoms with Crippen molar-refractivity contribution in [1.29, 1.82) is 0 Å². The van der Waals surface area contributed by atoms with E-state index in [9.17, 15) is 0 Å². The second-order valence-electron chi connectivity index (χ2n) is 22.7. The van der Waals surface area contributed by atoms with Crippen molar-refractivity contribution in [2.45, 2.75) is 19.3 Å². The molecule has 4 heteroatoms. The molecule has 0 radical (unpaired) electrons. The minimum Gasteiger partial charge on any atom is -0.355 e. The van der Waals surface area contributed by atoms with E-state index in [0.717, 1.165) is 34.1 Å². The summed E-state index contributed by atoms with van der Waals surface area (Å²) in [6.45, 7) is 4.76. The Kier molecular flexibility index (Phi) is 11.2. The third-order valence-electron chi connectivity index (χ3n) is 17.4. The first-order valence-corrected chi connectivity index (χ1v) is 28.7. The van der Waals surface area contributed by atoms with Crippen LogP contribution in [0.2, 0.25) is 0 Å². The Morgan fingerprint density at radius 2 is 0.651 bits per heavy atom. The van der Waals surface area contributed by atoms with Crippen molar-refractivity contribution in [2.75, 3.05) is 10.6 Å². The van der Waals surface area contributed by atoms with Gasteiger partial charge in [0, 0.05) is 66.5 Å². The average molecular weight is 1060 g/mol. The lowest BCUT2D eigenvalue weighted by atomic mass is 9.81. The van der Waals surface area contributed by atoms with Crippen LogP contribution in [0, 0.1) is 0 Å². The van der Waals surface area contributed by atoms with Gasteiger partial charge in [0.15, 0.2) is 0 Å². The molecule has 392 valence electrons. The van der Waals surface area contributed by atoms with Crippen molar-refractivity contribution in [3.63, 3.8) is 0 Å². The van der Waals surface area contributed by atoms with Crippen molar-refractivity contribution >= 4 is 77.1 Å². The van der Waals surface area contributed by atoms with E-state index in [1.807, 2.05) is 0 Å². The van der Waals surface area contributed by atoms with Crippen LogP contribution < -0.4 is 10.6 Å². The maximum atomic E-state index is 3.98. The third-order valence-corrected chi connectivity index (χ3v) is 17.4. The summed E-state index contributed by atoms with van der Waals surface area (Å²) < 4.78 is 4.84. The van der Waals surface area contributed by atoms with Gasteiger partial charge in [-0.15, -0.1) is 0 Å². The first-order valence-electron chi connectivity index (χ1n) is 28.7. The molecular formula is C79H56N4. The Bertz CT molecular complexity index is 4840. The second-order valence-corrected chi connectivity index (χ2v) is 22.7. The van der Waals surface area contributed by atoms with Crippen LogP contribution in [0.15, 0.2) is 291 Å². The molecule has 15 aromatic rings. The lowest BCUT2D eigenvalue weighted by molar-refractivity contribution is 0.661. The molecule has 16 rings (SSSR count). The number of rotatable bonds is 10. The molecule has 0 spiro atoms. The summed E-state index contributed by atoms with van der Waals surface area (Å²) in [5.74, 6) is 0. The summed E-state index contributed by atoms with van der Waals surface area (Å²) in [6, 6.07) is 106. The Hall–Kier alpha value is -10.7. The zero-order chi connectivity index (χ0) is 55.2. The Morgan fingerprint density at radius 1 is 0.265 bits per heavy atom. The van der Waals surface area contributed by atoms with Gasteiger partial charge in [0.2, 0.25) is 0 Å². The summed E-state index contributed by atoms with van der Waals surface area (Å²) in [7, 11) is 0. The van der Waals surface area contributed by atoms with E-state index < -0.39 is 0 Å². The first kappa shape index (κ1) is 48.2. The molecule has 0 fully saturated rings. The smallest absolute Gasteiger partial charge is 0.0541 e. The molecule has 2 aromatic heterocycles. The van der Waals surface area contributed by atoms with Crippen molar-refractivity contribution in [2.24, 2.45) is 0 Å². The molecule has 0 bridgehead atoms. The van der Waals surface area contributed by atoms with E-state index >= 15 is 0 Å². The van der Waals surface area contributed by atoms with E-state index in [1.165, 1.54) is 121 Å². The Labute approximate surface area is 482 Å². The van der Waals surface area contributed by atoms with Gasteiger partial charge in [0.1, 0.15) is 0 Å². The number of fused-ring (bicyclic) bond motifs is 11. The molecule has 0 saturated heterocycles. The molecule has 2 heterocycles. The average Bonchev–Trinajstić information content (AvgIpc) is 1.98. The van der Waals surface area contributed by atoms with Crippen LogP contribution >= 0.6 is 0 Å². The van der Waals surface area contributed by atoms with Gasteiger partial charge in [-0.2, -0.15) is 0 Å². The van der Waals surface area contributed by atoms with Crippen molar-refractivity contribution in [3.05, 3.63) is 302 Å². The van der Waals surface area contributed by atoms with Crippen LogP contribution in [0.3, 0.4) is 0 Å². The molecule has 1 aliphatic rings. The Morgan fingerprint density at radius 3 is 1.08 bits per heavy atom. The third kappa shape index (κ3) is 8.13. The van der Waals surface area contributed by atoms with Gasteiger partial charge in [-0.3, -0.25) is 0 Å². The molecule has 0 aliphatic heterocycles. The van der Waals surface area contributed by atoms with E-state index in [-0.39, 0.29) is 5.41 Å². The maximum Gasteiger partial charge on any atom is 0.0541 e. The monoisotopic (exact) mass is 1060 g/mol. The van der Waals surface area contributed by atoms with Crippen LogP contribution in [-0.4, -0.2) is 9.13 Å². The molecule has 2 N–H and O–H groups in total. The minimum atomic E-state index is -0.285. The van der Waals surface area contributed by atoms with Crippen molar-refractivity contribution in [1.82, 2.24) is 9.13 Å². The van der Waals surface area contributed by atoms with Crippen LogP contribution in [0.1, 0.15) is 25.0 Å². The first-order chi connectivity index (χ1) is 40.9. The SMILES string of the molecule is CC1(C)c2cc(Nc3cccc(-n4c5ccc(-c6ccccc6)cc5c5cc(-c6ccccc6)ccc54)c3)ccc2-c2c1cc(Nc1cccc(-n3c4ccc(-c5ccccc5)cc4c4cc(-c5ccccc5)ccc43)c1)c1ccccc21. The van der Waals surface area contributed by atoms with Crippen molar-refractivity contribution in [3.8, 4) is 67.0 Å². The molecular weight excluding hydrogens is 1000 g/mol. The van der Waals surface area contributed by atoms with Crippen LogP contribution in [0.4, 0.5) is 22.7 Å². The van der Waals surface area contributed by atoms with Gasteiger partial charge < -0.3 is 19.8 Å². The molecule has 0 saturated carbocycles. The fourth-order valence-electron chi connectivity index (χ4n) is 13.4. The minimum absolute atomic E-state index is 0.285. The topological polar surface area (TPSA) is 33.9 Å². The van der Waals surface area contributed by atoms with E-state index in [2.05, 4.69) is 325 Å². The van der Waals surface area contributed by atoms with E-state index in [0.29, 0.717) is 0 Å². The number of aromatic nitrogens is 2. The van der Waals surface area contributed by atoms with Gasteiger partial charge in [0.25, 0.3) is 0 Å². The highest BCUT2D eigenvalue weighted by molar-refractivity contribution is 6.14. The zero-order valence-corrected chi connectivity index (χ0v) is 46.1. The molecule has 1 aliphatic carbocycles. The predicted molar refractivity (Wildman–Crippen MR) is 351 cm³/mol. The standard InChI is InChI=1S/C79H56N4/c1-79(2)71-49-61(80-59-27-17-29-62(47-59)82-74-39-33-55(51-19-7-3-8-20-51)43-67(74)68-44-56(34-40-75(68)82)52-21-9-4-10-22-52)37-38-66(71)78-65-32-16-15-31-64(65)73(50-72(78)79)81-60-28-18-30-63(48-60)83-76-41-35-57(53-23-11-5-12-24-53)45-69(76)70-46-58(36-42-77(70)83)54-25-13-6-14-26-54/h3-50,80-81H,1-2H3. The lowest BCUT2D eigenvalue weighted by Crippen LogP contribution is -2.15. The van der Waals surface area contributed by atoms with Crippen LogP contribution in [-0.2, 0) is 5.41 Å². The molecule has 13 aromatic carbocycles. The number of nitrogens with one attached hydrogen (secondary N) is 2. The number of hydrogen-bond acceptors (Lipinski definition) is 2. The highest BCUT2D eigenvalue weighted by Gasteiger charge is 2.37. The van der Waals surface area contributed by atoms with Crippen molar-refractivity contribution < 1.29 is 0 Å². The normalized spacial score (nSPS) is 12.6.